The number of anilines is 1. The average Bonchev–Trinajstić information content (AvgIpc) is 2.37. The van der Waals surface area contributed by atoms with E-state index in [1.54, 1.807) is 0 Å². The molecular weight excluding hydrogens is 246 g/mol. The van der Waals surface area contributed by atoms with Gasteiger partial charge < -0.3 is 15.1 Å². The fraction of sp³-hybridized carbons (Fsp3) is 0.571. The van der Waals surface area contributed by atoms with Crippen LogP contribution in [0.3, 0.4) is 0 Å². The molecule has 0 spiro atoms. The molecule has 2 rings (SSSR count). The molecule has 1 fully saturated rings. The maximum atomic E-state index is 6.28. The molecule has 0 amide bonds. The van der Waals surface area contributed by atoms with Crippen molar-refractivity contribution in [3.63, 3.8) is 0 Å². The number of nitrogens with one attached hydrogen (secondary N) is 1. The van der Waals surface area contributed by atoms with Crippen LogP contribution in [0.25, 0.3) is 0 Å². The van der Waals surface area contributed by atoms with E-state index in [0.717, 1.165) is 49.9 Å². The second kappa shape index (κ2) is 6.41. The Morgan fingerprint density at radius 2 is 2.00 bits per heavy atom. The Kier molecular flexibility index (Phi) is 4.87. The summed E-state index contributed by atoms with van der Waals surface area (Å²) in [4.78, 5) is 4.55. The molecule has 100 valence electrons. The number of rotatable bonds is 4. The molecule has 0 aliphatic carbocycles. The van der Waals surface area contributed by atoms with Crippen LogP contribution in [0.4, 0.5) is 5.69 Å². The van der Waals surface area contributed by atoms with Crippen molar-refractivity contribution >= 4 is 17.3 Å². The van der Waals surface area contributed by atoms with Crippen LogP contribution < -0.4 is 10.2 Å². The van der Waals surface area contributed by atoms with E-state index in [2.05, 4.69) is 28.4 Å². The first-order valence-corrected chi connectivity index (χ1v) is 6.93. The van der Waals surface area contributed by atoms with Gasteiger partial charge in [-0.1, -0.05) is 17.7 Å². The monoisotopic (exact) mass is 267 g/mol. The largest absolute Gasteiger partial charge is 0.376 e. The predicted octanol–water partition coefficient (Wildman–Crippen LogP) is 1.85. The zero-order valence-electron chi connectivity index (χ0n) is 11.2. The van der Waals surface area contributed by atoms with E-state index in [4.69, 9.17) is 11.6 Å². The van der Waals surface area contributed by atoms with Gasteiger partial charge in [-0.05, 0) is 24.1 Å². The first kappa shape index (κ1) is 13.7. The van der Waals surface area contributed by atoms with Crippen LogP contribution in [0.2, 0.25) is 5.02 Å². The van der Waals surface area contributed by atoms with Crippen molar-refractivity contribution in [1.82, 2.24) is 10.2 Å². The second-order valence-corrected chi connectivity index (χ2v) is 5.43. The summed E-state index contributed by atoms with van der Waals surface area (Å²) in [6, 6.07) is 6.39. The molecule has 1 heterocycles. The molecular formula is C14H22ClN3. The summed E-state index contributed by atoms with van der Waals surface area (Å²) in [5.41, 5.74) is 2.41. The first-order valence-electron chi connectivity index (χ1n) is 6.55. The Morgan fingerprint density at radius 1 is 1.28 bits per heavy atom. The SMILES string of the molecule is CN(C)c1ccc(CCN2CCNCC2)cc1Cl. The Hall–Kier alpha value is -0.770. The van der Waals surface area contributed by atoms with Crippen LogP contribution in [-0.4, -0.2) is 51.7 Å². The van der Waals surface area contributed by atoms with Crippen LogP contribution in [0.5, 0.6) is 0 Å². The molecule has 18 heavy (non-hydrogen) atoms. The van der Waals surface area contributed by atoms with Gasteiger partial charge in [-0.25, -0.2) is 0 Å². The van der Waals surface area contributed by atoms with Gasteiger partial charge in [0.15, 0.2) is 0 Å². The molecule has 3 nitrogen and oxygen atoms in total. The van der Waals surface area contributed by atoms with Gasteiger partial charge in [0, 0.05) is 46.8 Å². The van der Waals surface area contributed by atoms with E-state index in [1.807, 2.05) is 19.0 Å². The molecule has 1 aromatic rings. The molecule has 1 N–H and O–H groups in total. The van der Waals surface area contributed by atoms with Gasteiger partial charge in [0.25, 0.3) is 0 Å². The molecule has 1 aromatic carbocycles. The summed E-state index contributed by atoms with van der Waals surface area (Å²) in [5.74, 6) is 0. The van der Waals surface area contributed by atoms with E-state index in [0.29, 0.717) is 0 Å². The second-order valence-electron chi connectivity index (χ2n) is 5.02. The molecule has 1 aliphatic heterocycles. The summed E-state index contributed by atoms with van der Waals surface area (Å²) >= 11 is 6.28. The van der Waals surface area contributed by atoms with Gasteiger partial charge in [-0.2, -0.15) is 0 Å². The molecule has 0 atom stereocenters. The predicted molar refractivity (Wildman–Crippen MR) is 78.8 cm³/mol. The Bertz CT molecular complexity index is 387. The van der Waals surface area contributed by atoms with E-state index in [1.165, 1.54) is 5.56 Å². The van der Waals surface area contributed by atoms with Gasteiger partial charge in [0.2, 0.25) is 0 Å². The minimum Gasteiger partial charge on any atom is -0.376 e. The number of benzene rings is 1. The first-order chi connectivity index (χ1) is 8.66. The Labute approximate surface area is 115 Å². The van der Waals surface area contributed by atoms with Crippen molar-refractivity contribution in [2.75, 3.05) is 51.7 Å². The average molecular weight is 268 g/mol. The topological polar surface area (TPSA) is 18.5 Å². The van der Waals surface area contributed by atoms with Gasteiger partial charge >= 0.3 is 0 Å². The smallest absolute Gasteiger partial charge is 0.0642 e. The molecule has 1 aliphatic rings. The highest BCUT2D eigenvalue weighted by molar-refractivity contribution is 6.33. The summed E-state index contributed by atoms with van der Waals surface area (Å²) in [6.45, 7) is 5.66. The van der Waals surface area contributed by atoms with E-state index in [-0.39, 0.29) is 0 Å². The molecule has 1 saturated heterocycles. The van der Waals surface area contributed by atoms with Crippen LogP contribution in [-0.2, 0) is 6.42 Å². The van der Waals surface area contributed by atoms with E-state index < -0.39 is 0 Å². The summed E-state index contributed by atoms with van der Waals surface area (Å²) in [5, 5.41) is 4.22. The Morgan fingerprint density at radius 3 is 2.61 bits per heavy atom. The van der Waals surface area contributed by atoms with Crippen molar-refractivity contribution in [2.24, 2.45) is 0 Å². The quantitative estimate of drug-likeness (QED) is 0.898. The zero-order valence-corrected chi connectivity index (χ0v) is 12.0. The van der Waals surface area contributed by atoms with Gasteiger partial charge in [0.1, 0.15) is 0 Å². The fourth-order valence-corrected chi connectivity index (χ4v) is 2.66. The molecule has 4 heteroatoms. The normalized spacial score (nSPS) is 16.8. The third-order valence-corrected chi connectivity index (χ3v) is 3.72. The van der Waals surface area contributed by atoms with E-state index >= 15 is 0 Å². The van der Waals surface area contributed by atoms with Crippen LogP contribution >= 0.6 is 11.6 Å². The highest BCUT2D eigenvalue weighted by Crippen LogP contribution is 2.25. The van der Waals surface area contributed by atoms with Crippen LogP contribution in [0.15, 0.2) is 18.2 Å². The van der Waals surface area contributed by atoms with E-state index in [9.17, 15) is 0 Å². The molecule has 0 aromatic heterocycles. The Balaban J connectivity index is 1.91. The van der Waals surface area contributed by atoms with Gasteiger partial charge in [-0.15, -0.1) is 0 Å². The summed E-state index contributed by atoms with van der Waals surface area (Å²) in [7, 11) is 4.03. The van der Waals surface area contributed by atoms with Crippen molar-refractivity contribution < 1.29 is 0 Å². The van der Waals surface area contributed by atoms with Crippen LogP contribution in [0, 0.1) is 0 Å². The number of nitrogens with zero attached hydrogens (tertiary/aromatic N) is 2. The lowest BCUT2D eigenvalue weighted by molar-refractivity contribution is 0.244. The third kappa shape index (κ3) is 3.61. The highest BCUT2D eigenvalue weighted by atomic mass is 35.5. The number of hydrogen-bond acceptors (Lipinski definition) is 3. The van der Waals surface area contributed by atoms with Crippen molar-refractivity contribution in [3.8, 4) is 0 Å². The number of piperazine rings is 1. The van der Waals surface area contributed by atoms with Crippen molar-refractivity contribution in [2.45, 2.75) is 6.42 Å². The highest BCUT2D eigenvalue weighted by Gasteiger charge is 2.10. The lowest BCUT2D eigenvalue weighted by atomic mass is 10.1. The van der Waals surface area contributed by atoms with Crippen molar-refractivity contribution in [1.29, 1.82) is 0 Å². The third-order valence-electron chi connectivity index (χ3n) is 3.42. The lowest BCUT2D eigenvalue weighted by Crippen LogP contribution is -2.44. The standard InChI is InChI=1S/C14H22ClN3/c1-17(2)14-4-3-12(11-13(14)15)5-8-18-9-6-16-7-10-18/h3-4,11,16H,5-10H2,1-2H3. The maximum Gasteiger partial charge on any atom is 0.0642 e. The van der Waals surface area contributed by atoms with Crippen molar-refractivity contribution in [3.05, 3.63) is 28.8 Å². The minimum absolute atomic E-state index is 0.845. The fourth-order valence-electron chi connectivity index (χ4n) is 2.29. The molecule has 0 bridgehead atoms. The molecule has 0 radical (unpaired) electrons. The van der Waals surface area contributed by atoms with Crippen LogP contribution in [0.1, 0.15) is 5.56 Å². The van der Waals surface area contributed by atoms with Gasteiger partial charge in [0.05, 0.1) is 10.7 Å². The zero-order chi connectivity index (χ0) is 13.0. The maximum absolute atomic E-state index is 6.28. The minimum atomic E-state index is 0.845. The van der Waals surface area contributed by atoms with Gasteiger partial charge in [-0.3, -0.25) is 0 Å². The molecule has 0 unspecified atom stereocenters. The summed E-state index contributed by atoms with van der Waals surface area (Å²) in [6.07, 6.45) is 1.08. The molecule has 0 saturated carbocycles. The lowest BCUT2D eigenvalue weighted by Gasteiger charge is -2.27. The number of halogens is 1. The number of hydrogen-bond donors (Lipinski definition) is 1. The summed E-state index contributed by atoms with van der Waals surface area (Å²) < 4.78 is 0.